The Morgan fingerprint density at radius 3 is 2.75 bits per heavy atom. The fourth-order valence-electron chi connectivity index (χ4n) is 3.46. The van der Waals surface area contributed by atoms with Crippen LogP contribution in [0.4, 0.5) is 0 Å². The fourth-order valence-corrected chi connectivity index (χ4v) is 3.46. The van der Waals surface area contributed by atoms with E-state index in [1.807, 2.05) is 19.9 Å². The number of hydrogen-bond acceptors (Lipinski definition) is 7. The highest BCUT2D eigenvalue weighted by Gasteiger charge is 2.23. The molecule has 24 heavy (non-hydrogen) atoms. The fraction of sp³-hybridized carbons (Fsp3) is 0.706. The lowest BCUT2D eigenvalue weighted by molar-refractivity contribution is 0.168. The molecule has 3 rings (SSSR count). The van der Waals surface area contributed by atoms with Crippen LogP contribution in [-0.4, -0.2) is 50.8 Å². The van der Waals surface area contributed by atoms with Gasteiger partial charge < -0.3 is 9.05 Å². The van der Waals surface area contributed by atoms with Crippen LogP contribution < -0.4 is 0 Å². The van der Waals surface area contributed by atoms with Gasteiger partial charge in [-0.2, -0.15) is 4.98 Å². The molecule has 1 aliphatic heterocycles. The molecule has 0 amide bonds. The molecular formula is C17H27N5O2. The van der Waals surface area contributed by atoms with Crippen LogP contribution in [0.15, 0.2) is 15.1 Å². The van der Waals surface area contributed by atoms with Crippen LogP contribution in [0.2, 0.25) is 0 Å². The van der Waals surface area contributed by atoms with Gasteiger partial charge in [-0.15, -0.1) is 0 Å². The van der Waals surface area contributed by atoms with Crippen molar-refractivity contribution in [1.82, 2.24) is 25.1 Å². The first kappa shape index (κ1) is 17.1. The zero-order valence-corrected chi connectivity index (χ0v) is 14.9. The second-order valence-electron chi connectivity index (χ2n) is 6.59. The first-order chi connectivity index (χ1) is 11.6. The minimum Gasteiger partial charge on any atom is -0.360 e. The Hall–Kier alpha value is -1.73. The van der Waals surface area contributed by atoms with Crippen molar-refractivity contribution in [2.24, 2.45) is 0 Å². The van der Waals surface area contributed by atoms with E-state index in [1.54, 1.807) is 0 Å². The van der Waals surface area contributed by atoms with E-state index in [2.05, 4.69) is 32.0 Å². The quantitative estimate of drug-likeness (QED) is 0.804. The van der Waals surface area contributed by atoms with E-state index in [0.29, 0.717) is 11.9 Å². The summed E-state index contributed by atoms with van der Waals surface area (Å²) in [6.07, 6.45) is 3.55. The molecule has 0 radical (unpaired) electrons. The van der Waals surface area contributed by atoms with Crippen molar-refractivity contribution >= 4 is 0 Å². The van der Waals surface area contributed by atoms with Crippen LogP contribution in [-0.2, 0) is 13.1 Å². The average Bonchev–Trinajstić information content (AvgIpc) is 3.08. The Labute approximate surface area is 143 Å². The SMILES string of the molecule is CCN(Cc1noc(C)n1)C1CCCN(Cc2cc(C)no2)CC1. The molecular weight excluding hydrogens is 306 g/mol. The third-order valence-electron chi connectivity index (χ3n) is 4.68. The van der Waals surface area contributed by atoms with Crippen LogP contribution in [0, 0.1) is 13.8 Å². The molecule has 0 saturated carbocycles. The van der Waals surface area contributed by atoms with Gasteiger partial charge >= 0.3 is 0 Å². The summed E-state index contributed by atoms with van der Waals surface area (Å²) in [7, 11) is 0. The lowest BCUT2D eigenvalue weighted by atomic mass is 10.1. The van der Waals surface area contributed by atoms with Crippen LogP contribution >= 0.6 is 0 Å². The number of rotatable bonds is 6. The summed E-state index contributed by atoms with van der Waals surface area (Å²) in [5.74, 6) is 2.38. The molecule has 2 aromatic heterocycles. The normalized spacial score (nSPS) is 19.8. The van der Waals surface area contributed by atoms with Crippen molar-refractivity contribution in [3.63, 3.8) is 0 Å². The van der Waals surface area contributed by atoms with Crippen molar-refractivity contribution in [2.45, 2.75) is 59.2 Å². The van der Waals surface area contributed by atoms with Crippen molar-refractivity contribution in [2.75, 3.05) is 19.6 Å². The van der Waals surface area contributed by atoms with E-state index < -0.39 is 0 Å². The maximum Gasteiger partial charge on any atom is 0.223 e. The Balaban J connectivity index is 1.55. The van der Waals surface area contributed by atoms with Gasteiger partial charge in [0.25, 0.3) is 0 Å². The highest BCUT2D eigenvalue weighted by atomic mass is 16.5. The van der Waals surface area contributed by atoms with Gasteiger partial charge in [-0.1, -0.05) is 17.2 Å². The molecule has 3 heterocycles. The zero-order chi connectivity index (χ0) is 16.9. The van der Waals surface area contributed by atoms with Crippen molar-refractivity contribution < 1.29 is 9.05 Å². The Morgan fingerprint density at radius 2 is 2.08 bits per heavy atom. The van der Waals surface area contributed by atoms with Crippen molar-refractivity contribution in [3.8, 4) is 0 Å². The van der Waals surface area contributed by atoms with Crippen LogP contribution in [0.25, 0.3) is 0 Å². The average molecular weight is 333 g/mol. The molecule has 1 saturated heterocycles. The zero-order valence-electron chi connectivity index (χ0n) is 14.9. The van der Waals surface area contributed by atoms with Gasteiger partial charge in [0.2, 0.25) is 5.89 Å². The number of likely N-dealkylation sites (tertiary alicyclic amines) is 1. The first-order valence-electron chi connectivity index (χ1n) is 8.82. The predicted molar refractivity (Wildman–Crippen MR) is 89.3 cm³/mol. The van der Waals surface area contributed by atoms with E-state index >= 15 is 0 Å². The topological polar surface area (TPSA) is 71.4 Å². The lowest BCUT2D eigenvalue weighted by Gasteiger charge is -2.28. The molecule has 1 atom stereocenters. The van der Waals surface area contributed by atoms with E-state index in [-0.39, 0.29) is 0 Å². The van der Waals surface area contributed by atoms with Gasteiger partial charge in [-0.05, 0) is 39.3 Å². The van der Waals surface area contributed by atoms with Gasteiger partial charge in [0.05, 0.1) is 18.8 Å². The molecule has 0 aromatic carbocycles. The van der Waals surface area contributed by atoms with Gasteiger partial charge in [-0.3, -0.25) is 9.80 Å². The number of aryl methyl sites for hydroxylation is 2. The molecule has 2 aromatic rings. The van der Waals surface area contributed by atoms with Gasteiger partial charge in [0.1, 0.15) is 0 Å². The van der Waals surface area contributed by atoms with E-state index in [9.17, 15) is 0 Å². The third kappa shape index (κ3) is 4.42. The molecule has 132 valence electrons. The van der Waals surface area contributed by atoms with E-state index in [0.717, 1.165) is 56.4 Å². The molecule has 7 nitrogen and oxygen atoms in total. The Morgan fingerprint density at radius 1 is 1.21 bits per heavy atom. The third-order valence-corrected chi connectivity index (χ3v) is 4.68. The van der Waals surface area contributed by atoms with Gasteiger partial charge in [0, 0.05) is 25.6 Å². The number of hydrogen-bond donors (Lipinski definition) is 0. The van der Waals surface area contributed by atoms with E-state index in [1.165, 1.54) is 12.8 Å². The van der Waals surface area contributed by atoms with Gasteiger partial charge in [0.15, 0.2) is 11.6 Å². The molecule has 0 aliphatic carbocycles. The summed E-state index contributed by atoms with van der Waals surface area (Å²) in [6.45, 7) is 10.8. The summed E-state index contributed by atoms with van der Waals surface area (Å²) < 4.78 is 10.5. The monoisotopic (exact) mass is 333 g/mol. The maximum absolute atomic E-state index is 5.36. The molecule has 1 fully saturated rings. The van der Waals surface area contributed by atoms with Crippen molar-refractivity contribution in [1.29, 1.82) is 0 Å². The first-order valence-corrected chi connectivity index (χ1v) is 8.82. The minimum atomic E-state index is 0.565. The molecule has 7 heteroatoms. The lowest BCUT2D eigenvalue weighted by Crippen LogP contribution is -2.36. The summed E-state index contributed by atoms with van der Waals surface area (Å²) in [6, 6.07) is 2.59. The standard InChI is InChI=1S/C17H27N5O2/c1-4-22(12-17-18-14(3)23-20-17)15-6-5-8-21(9-7-15)11-16-10-13(2)19-24-16/h10,15H,4-9,11-12H2,1-3H3. The maximum atomic E-state index is 5.36. The predicted octanol–water partition coefficient (Wildman–Crippen LogP) is 2.55. The summed E-state index contributed by atoms with van der Waals surface area (Å²) >= 11 is 0. The molecule has 0 N–H and O–H groups in total. The Bertz CT molecular complexity index is 638. The molecule has 1 aliphatic rings. The summed E-state index contributed by atoms with van der Waals surface area (Å²) in [4.78, 5) is 9.27. The van der Waals surface area contributed by atoms with Crippen LogP contribution in [0.3, 0.4) is 0 Å². The highest BCUT2D eigenvalue weighted by molar-refractivity contribution is 5.03. The van der Waals surface area contributed by atoms with Crippen LogP contribution in [0.1, 0.15) is 49.4 Å². The largest absolute Gasteiger partial charge is 0.360 e. The summed E-state index contributed by atoms with van der Waals surface area (Å²) in [5, 5.41) is 8.02. The van der Waals surface area contributed by atoms with Crippen molar-refractivity contribution in [3.05, 3.63) is 29.2 Å². The smallest absolute Gasteiger partial charge is 0.223 e. The second kappa shape index (κ2) is 7.90. The number of nitrogens with zero attached hydrogens (tertiary/aromatic N) is 5. The Kier molecular flexibility index (Phi) is 5.63. The molecule has 0 bridgehead atoms. The molecule has 0 spiro atoms. The summed E-state index contributed by atoms with van der Waals surface area (Å²) in [5.41, 5.74) is 0.949. The number of aromatic nitrogens is 3. The van der Waals surface area contributed by atoms with Gasteiger partial charge in [-0.25, -0.2) is 0 Å². The van der Waals surface area contributed by atoms with Crippen LogP contribution in [0.5, 0.6) is 0 Å². The highest BCUT2D eigenvalue weighted by Crippen LogP contribution is 2.20. The van der Waals surface area contributed by atoms with E-state index in [4.69, 9.17) is 9.05 Å². The molecule has 1 unspecified atom stereocenters. The second-order valence-corrected chi connectivity index (χ2v) is 6.59. The minimum absolute atomic E-state index is 0.565.